The Kier molecular flexibility index (Phi) is 3.46. The predicted octanol–water partition coefficient (Wildman–Crippen LogP) is 1.62. The number of anilines is 1. The number of benzene rings is 1. The van der Waals surface area contributed by atoms with Gasteiger partial charge < -0.3 is 10.4 Å². The average Bonchev–Trinajstić information content (AvgIpc) is 2.38. The molecular formula is C12H13N3O. The van der Waals surface area contributed by atoms with Gasteiger partial charge in [-0.3, -0.25) is 0 Å². The van der Waals surface area contributed by atoms with Gasteiger partial charge in [-0.2, -0.15) is 0 Å². The molecule has 82 valence electrons. The summed E-state index contributed by atoms with van der Waals surface area (Å²) in [6.07, 6.45) is 2.60. The highest BCUT2D eigenvalue weighted by Gasteiger charge is 2.05. The third-order valence-electron chi connectivity index (χ3n) is 2.24. The van der Waals surface area contributed by atoms with Crippen LogP contribution in [0.1, 0.15) is 11.7 Å². The quantitative estimate of drug-likeness (QED) is 0.813. The lowest BCUT2D eigenvalue weighted by atomic mass is 10.1. The van der Waals surface area contributed by atoms with Crippen LogP contribution in [0.2, 0.25) is 0 Å². The second kappa shape index (κ2) is 5.23. The summed E-state index contributed by atoms with van der Waals surface area (Å²) in [7, 11) is 0. The zero-order chi connectivity index (χ0) is 11.2. The van der Waals surface area contributed by atoms with Gasteiger partial charge in [0.25, 0.3) is 0 Å². The van der Waals surface area contributed by atoms with Crippen molar-refractivity contribution in [2.75, 3.05) is 11.9 Å². The smallest absolute Gasteiger partial charge is 0.129 e. The molecule has 0 fully saturated rings. The zero-order valence-electron chi connectivity index (χ0n) is 8.74. The molecule has 2 rings (SSSR count). The number of nitrogens with one attached hydrogen (secondary N) is 1. The van der Waals surface area contributed by atoms with Crippen LogP contribution in [0.25, 0.3) is 0 Å². The number of hydrogen-bond donors (Lipinski definition) is 2. The van der Waals surface area contributed by atoms with E-state index < -0.39 is 6.10 Å². The molecule has 1 aromatic carbocycles. The molecule has 2 N–H and O–H groups in total. The number of hydrogen-bond acceptors (Lipinski definition) is 4. The summed E-state index contributed by atoms with van der Waals surface area (Å²) in [6, 6.07) is 11.3. The van der Waals surface area contributed by atoms with Gasteiger partial charge in [-0.25, -0.2) is 9.97 Å². The third kappa shape index (κ3) is 2.77. The van der Waals surface area contributed by atoms with Gasteiger partial charge in [-0.05, 0) is 11.6 Å². The molecule has 2 aromatic rings. The van der Waals surface area contributed by atoms with Crippen molar-refractivity contribution in [3.05, 3.63) is 54.5 Å². The summed E-state index contributed by atoms with van der Waals surface area (Å²) in [5.74, 6) is 0.713. The van der Waals surface area contributed by atoms with Gasteiger partial charge in [-0.15, -0.1) is 0 Å². The zero-order valence-corrected chi connectivity index (χ0v) is 8.74. The van der Waals surface area contributed by atoms with E-state index in [1.165, 1.54) is 6.33 Å². The first kappa shape index (κ1) is 10.6. The fourth-order valence-corrected chi connectivity index (χ4v) is 1.39. The van der Waals surface area contributed by atoms with Crippen LogP contribution in [-0.2, 0) is 0 Å². The molecule has 0 amide bonds. The van der Waals surface area contributed by atoms with E-state index in [1.807, 2.05) is 30.3 Å². The molecule has 0 saturated heterocycles. The average molecular weight is 215 g/mol. The summed E-state index contributed by atoms with van der Waals surface area (Å²) in [6.45, 7) is 0.432. The lowest BCUT2D eigenvalue weighted by Gasteiger charge is -2.12. The van der Waals surface area contributed by atoms with Crippen molar-refractivity contribution in [1.29, 1.82) is 0 Å². The molecule has 1 heterocycles. The maximum absolute atomic E-state index is 9.88. The molecule has 1 atom stereocenters. The van der Waals surface area contributed by atoms with E-state index in [-0.39, 0.29) is 0 Å². The molecule has 0 radical (unpaired) electrons. The van der Waals surface area contributed by atoms with Crippen molar-refractivity contribution in [3.8, 4) is 0 Å². The molecule has 0 aliphatic heterocycles. The Morgan fingerprint density at radius 3 is 2.69 bits per heavy atom. The molecule has 0 aliphatic rings. The maximum Gasteiger partial charge on any atom is 0.129 e. The largest absolute Gasteiger partial charge is 0.387 e. The van der Waals surface area contributed by atoms with Crippen molar-refractivity contribution in [1.82, 2.24) is 9.97 Å². The summed E-state index contributed by atoms with van der Waals surface area (Å²) in [4.78, 5) is 7.83. The molecule has 4 heteroatoms. The molecule has 0 bridgehead atoms. The van der Waals surface area contributed by atoms with Gasteiger partial charge in [0.1, 0.15) is 12.1 Å². The molecule has 1 aromatic heterocycles. The molecule has 1 unspecified atom stereocenters. The van der Waals surface area contributed by atoms with Crippen molar-refractivity contribution in [2.24, 2.45) is 0 Å². The van der Waals surface area contributed by atoms with Gasteiger partial charge >= 0.3 is 0 Å². The fourth-order valence-electron chi connectivity index (χ4n) is 1.39. The molecule has 0 spiro atoms. The van der Waals surface area contributed by atoms with Crippen LogP contribution in [0.3, 0.4) is 0 Å². The summed E-state index contributed by atoms with van der Waals surface area (Å²) < 4.78 is 0. The Hall–Kier alpha value is -1.94. The summed E-state index contributed by atoms with van der Waals surface area (Å²) in [5.41, 5.74) is 0.893. The van der Waals surface area contributed by atoms with E-state index in [1.54, 1.807) is 12.3 Å². The third-order valence-corrected chi connectivity index (χ3v) is 2.24. The van der Waals surface area contributed by atoms with Gasteiger partial charge in [0.2, 0.25) is 0 Å². The number of aliphatic hydroxyl groups excluding tert-OH is 1. The topological polar surface area (TPSA) is 58.0 Å². The first-order chi connectivity index (χ1) is 7.86. The van der Waals surface area contributed by atoms with Gasteiger partial charge in [0.15, 0.2) is 0 Å². The van der Waals surface area contributed by atoms with E-state index in [2.05, 4.69) is 15.3 Å². The molecule has 4 nitrogen and oxygen atoms in total. The van der Waals surface area contributed by atoms with Crippen LogP contribution in [0.5, 0.6) is 0 Å². The van der Waals surface area contributed by atoms with E-state index >= 15 is 0 Å². The van der Waals surface area contributed by atoms with Gasteiger partial charge in [0.05, 0.1) is 6.10 Å². The first-order valence-corrected chi connectivity index (χ1v) is 5.09. The number of aliphatic hydroxyl groups is 1. The minimum atomic E-state index is -0.531. The molecule has 0 saturated carbocycles. The van der Waals surface area contributed by atoms with Crippen LogP contribution < -0.4 is 5.32 Å². The maximum atomic E-state index is 9.88. The van der Waals surface area contributed by atoms with Crippen LogP contribution in [0.15, 0.2) is 48.9 Å². The van der Waals surface area contributed by atoms with Crippen molar-refractivity contribution < 1.29 is 5.11 Å². The van der Waals surface area contributed by atoms with E-state index in [0.717, 1.165) is 5.56 Å². The van der Waals surface area contributed by atoms with E-state index in [9.17, 15) is 5.11 Å². The number of rotatable bonds is 4. The van der Waals surface area contributed by atoms with Crippen LogP contribution in [0.4, 0.5) is 5.82 Å². The molecule has 0 aliphatic carbocycles. The minimum Gasteiger partial charge on any atom is -0.387 e. The number of aromatic nitrogens is 2. The summed E-state index contributed by atoms with van der Waals surface area (Å²) in [5, 5.41) is 12.9. The minimum absolute atomic E-state index is 0.432. The fraction of sp³-hybridized carbons (Fsp3) is 0.167. The molecular weight excluding hydrogens is 202 g/mol. The second-order valence-electron chi connectivity index (χ2n) is 3.40. The van der Waals surface area contributed by atoms with E-state index in [4.69, 9.17) is 0 Å². The Labute approximate surface area is 94.0 Å². The van der Waals surface area contributed by atoms with Crippen molar-refractivity contribution in [3.63, 3.8) is 0 Å². The van der Waals surface area contributed by atoms with Crippen LogP contribution in [0, 0.1) is 0 Å². The monoisotopic (exact) mass is 215 g/mol. The standard InChI is InChI=1S/C12H13N3O/c16-11(10-4-2-1-3-5-10)8-14-12-6-7-13-9-15-12/h1-7,9,11,16H,8H2,(H,13,14,15). The van der Waals surface area contributed by atoms with Gasteiger partial charge in [-0.1, -0.05) is 30.3 Å². The predicted molar refractivity (Wildman–Crippen MR) is 61.9 cm³/mol. The van der Waals surface area contributed by atoms with Crippen molar-refractivity contribution >= 4 is 5.82 Å². The van der Waals surface area contributed by atoms with Gasteiger partial charge in [0, 0.05) is 12.7 Å². The highest BCUT2D eigenvalue weighted by atomic mass is 16.3. The lowest BCUT2D eigenvalue weighted by molar-refractivity contribution is 0.191. The Bertz CT molecular complexity index is 419. The lowest BCUT2D eigenvalue weighted by Crippen LogP contribution is -2.12. The van der Waals surface area contributed by atoms with Crippen LogP contribution >= 0.6 is 0 Å². The molecule has 16 heavy (non-hydrogen) atoms. The Balaban J connectivity index is 1.92. The highest BCUT2D eigenvalue weighted by Crippen LogP contribution is 2.12. The normalized spacial score (nSPS) is 12.1. The first-order valence-electron chi connectivity index (χ1n) is 5.09. The second-order valence-corrected chi connectivity index (χ2v) is 3.40. The number of nitrogens with zero attached hydrogens (tertiary/aromatic N) is 2. The highest BCUT2D eigenvalue weighted by molar-refractivity contribution is 5.32. The van der Waals surface area contributed by atoms with Crippen molar-refractivity contribution in [2.45, 2.75) is 6.10 Å². The van der Waals surface area contributed by atoms with E-state index in [0.29, 0.717) is 12.4 Å². The Morgan fingerprint density at radius 1 is 1.19 bits per heavy atom. The van der Waals surface area contributed by atoms with Crippen LogP contribution in [-0.4, -0.2) is 21.6 Å². The summed E-state index contributed by atoms with van der Waals surface area (Å²) >= 11 is 0. The SMILES string of the molecule is OC(CNc1ccncn1)c1ccccc1. The Morgan fingerprint density at radius 2 is 2.00 bits per heavy atom.